The van der Waals surface area contributed by atoms with Gasteiger partial charge in [-0.3, -0.25) is 0 Å². The van der Waals surface area contributed by atoms with E-state index in [4.69, 9.17) is 4.74 Å². The van der Waals surface area contributed by atoms with E-state index < -0.39 is 0 Å². The SMILES string of the molecule is CC(CCNC1CCOCC1)c1ccccc1. The molecule has 1 N–H and O–H groups in total. The molecule has 1 aromatic rings. The summed E-state index contributed by atoms with van der Waals surface area (Å²) < 4.78 is 5.36. The highest BCUT2D eigenvalue weighted by Crippen LogP contribution is 2.18. The number of benzene rings is 1. The Balaban J connectivity index is 1.67. The number of hydrogen-bond donors (Lipinski definition) is 1. The molecule has 2 rings (SSSR count). The summed E-state index contributed by atoms with van der Waals surface area (Å²) in [6.45, 7) is 5.26. The van der Waals surface area contributed by atoms with Crippen LogP contribution in [-0.2, 0) is 4.74 Å². The number of nitrogens with one attached hydrogen (secondary N) is 1. The minimum atomic E-state index is 0.642. The molecule has 0 saturated carbocycles. The normalized spacial score (nSPS) is 19.1. The van der Waals surface area contributed by atoms with E-state index in [1.807, 2.05) is 0 Å². The molecule has 0 aliphatic carbocycles. The standard InChI is InChI=1S/C15H23NO/c1-13(14-5-3-2-4-6-14)7-10-16-15-8-11-17-12-9-15/h2-6,13,15-16H,7-12H2,1H3. The van der Waals surface area contributed by atoms with E-state index in [1.165, 1.54) is 24.8 Å². The Bertz CT molecular complexity index is 306. The van der Waals surface area contributed by atoms with Crippen LogP contribution in [0.4, 0.5) is 0 Å². The lowest BCUT2D eigenvalue weighted by molar-refractivity contribution is 0.0779. The van der Waals surface area contributed by atoms with Crippen molar-refractivity contribution in [3.8, 4) is 0 Å². The lowest BCUT2D eigenvalue weighted by Gasteiger charge is -2.24. The lowest BCUT2D eigenvalue weighted by atomic mass is 9.97. The summed E-state index contributed by atoms with van der Waals surface area (Å²) >= 11 is 0. The van der Waals surface area contributed by atoms with Gasteiger partial charge in [0.1, 0.15) is 0 Å². The fourth-order valence-electron chi connectivity index (χ4n) is 2.35. The van der Waals surface area contributed by atoms with Gasteiger partial charge in [0, 0.05) is 19.3 Å². The van der Waals surface area contributed by atoms with Crippen molar-refractivity contribution in [1.29, 1.82) is 0 Å². The molecule has 1 unspecified atom stereocenters. The Morgan fingerprint density at radius 1 is 1.24 bits per heavy atom. The largest absolute Gasteiger partial charge is 0.381 e. The highest BCUT2D eigenvalue weighted by Gasteiger charge is 2.13. The zero-order valence-electron chi connectivity index (χ0n) is 10.7. The maximum absolute atomic E-state index is 5.36. The first-order chi connectivity index (χ1) is 8.36. The Morgan fingerprint density at radius 3 is 2.65 bits per heavy atom. The van der Waals surface area contributed by atoms with Gasteiger partial charge >= 0.3 is 0 Å². The molecule has 1 aliphatic rings. The molecular formula is C15H23NO. The van der Waals surface area contributed by atoms with Crippen LogP contribution >= 0.6 is 0 Å². The van der Waals surface area contributed by atoms with Crippen LogP contribution in [0.15, 0.2) is 30.3 Å². The Kier molecular flexibility index (Phi) is 5.02. The Labute approximate surface area is 104 Å². The minimum absolute atomic E-state index is 0.642. The second kappa shape index (κ2) is 6.77. The first kappa shape index (κ1) is 12.6. The molecule has 0 amide bonds. The smallest absolute Gasteiger partial charge is 0.0480 e. The highest BCUT2D eigenvalue weighted by molar-refractivity contribution is 5.18. The molecule has 0 spiro atoms. The summed E-state index contributed by atoms with van der Waals surface area (Å²) in [4.78, 5) is 0. The van der Waals surface area contributed by atoms with Gasteiger partial charge in [0.2, 0.25) is 0 Å². The predicted octanol–water partition coefficient (Wildman–Crippen LogP) is 2.95. The van der Waals surface area contributed by atoms with Gasteiger partial charge in [-0.1, -0.05) is 37.3 Å². The summed E-state index contributed by atoms with van der Waals surface area (Å²) in [7, 11) is 0. The molecule has 0 aromatic heterocycles. The van der Waals surface area contributed by atoms with E-state index >= 15 is 0 Å². The van der Waals surface area contributed by atoms with Crippen molar-refractivity contribution < 1.29 is 4.74 Å². The van der Waals surface area contributed by atoms with Crippen molar-refractivity contribution in [3.05, 3.63) is 35.9 Å². The van der Waals surface area contributed by atoms with Crippen LogP contribution in [0.25, 0.3) is 0 Å². The van der Waals surface area contributed by atoms with Crippen LogP contribution in [0.2, 0.25) is 0 Å². The Hall–Kier alpha value is -0.860. The van der Waals surface area contributed by atoms with E-state index in [0.29, 0.717) is 12.0 Å². The van der Waals surface area contributed by atoms with E-state index in [9.17, 15) is 0 Å². The summed E-state index contributed by atoms with van der Waals surface area (Å²) in [5, 5.41) is 3.64. The first-order valence-corrected chi connectivity index (χ1v) is 6.72. The second-order valence-corrected chi connectivity index (χ2v) is 4.94. The zero-order chi connectivity index (χ0) is 11.9. The summed E-state index contributed by atoms with van der Waals surface area (Å²) in [6, 6.07) is 11.4. The lowest BCUT2D eigenvalue weighted by Crippen LogP contribution is -2.35. The molecule has 1 heterocycles. The molecule has 2 heteroatoms. The van der Waals surface area contributed by atoms with Gasteiger partial charge in [0.15, 0.2) is 0 Å². The van der Waals surface area contributed by atoms with Gasteiger partial charge in [-0.25, -0.2) is 0 Å². The molecule has 0 radical (unpaired) electrons. The third kappa shape index (κ3) is 4.14. The molecule has 1 saturated heterocycles. The van der Waals surface area contributed by atoms with Crippen LogP contribution in [-0.4, -0.2) is 25.8 Å². The Morgan fingerprint density at radius 2 is 1.94 bits per heavy atom. The number of ether oxygens (including phenoxy) is 1. The topological polar surface area (TPSA) is 21.3 Å². The van der Waals surface area contributed by atoms with Crippen molar-refractivity contribution in [2.75, 3.05) is 19.8 Å². The maximum Gasteiger partial charge on any atom is 0.0480 e. The third-order valence-corrected chi connectivity index (χ3v) is 3.60. The minimum Gasteiger partial charge on any atom is -0.381 e. The fourth-order valence-corrected chi connectivity index (χ4v) is 2.35. The van der Waals surface area contributed by atoms with Crippen molar-refractivity contribution in [2.24, 2.45) is 0 Å². The van der Waals surface area contributed by atoms with Crippen LogP contribution < -0.4 is 5.32 Å². The van der Waals surface area contributed by atoms with Gasteiger partial charge < -0.3 is 10.1 Å². The third-order valence-electron chi connectivity index (χ3n) is 3.60. The molecule has 17 heavy (non-hydrogen) atoms. The molecule has 2 nitrogen and oxygen atoms in total. The van der Waals surface area contributed by atoms with Gasteiger partial charge in [-0.05, 0) is 37.3 Å². The maximum atomic E-state index is 5.36. The first-order valence-electron chi connectivity index (χ1n) is 6.72. The van der Waals surface area contributed by atoms with Crippen LogP contribution in [0.1, 0.15) is 37.7 Å². The van der Waals surface area contributed by atoms with Crippen LogP contribution in [0.3, 0.4) is 0 Å². The molecule has 1 fully saturated rings. The predicted molar refractivity (Wildman–Crippen MR) is 71.3 cm³/mol. The van der Waals surface area contributed by atoms with E-state index in [2.05, 4.69) is 42.6 Å². The molecular weight excluding hydrogens is 210 g/mol. The van der Waals surface area contributed by atoms with Crippen molar-refractivity contribution in [2.45, 2.75) is 38.1 Å². The highest BCUT2D eigenvalue weighted by atomic mass is 16.5. The molecule has 1 aromatic carbocycles. The van der Waals surface area contributed by atoms with Crippen LogP contribution in [0.5, 0.6) is 0 Å². The van der Waals surface area contributed by atoms with Gasteiger partial charge in [-0.2, -0.15) is 0 Å². The van der Waals surface area contributed by atoms with Gasteiger partial charge in [-0.15, -0.1) is 0 Å². The van der Waals surface area contributed by atoms with Crippen molar-refractivity contribution in [3.63, 3.8) is 0 Å². The number of rotatable bonds is 5. The fraction of sp³-hybridized carbons (Fsp3) is 0.600. The van der Waals surface area contributed by atoms with Gasteiger partial charge in [0.05, 0.1) is 0 Å². The number of hydrogen-bond acceptors (Lipinski definition) is 2. The molecule has 0 bridgehead atoms. The molecule has 1 aliphatic heterocycles. The van der Waals surface area contributed by atoms with Crippen molar-refractivity contribution >= 4 is 0 Å². The van der Waals surface area contributed by atoms with E-state index in [-0.39, 0.29) is 0 Å². The summed E-state index contributed by atoms with van der Waals surface area (Å²) in [5.41, 5.74) is 1.45. The average molecular weight is 233 g/mol. The van der Waals surface area contributed by atoms with Gasteiger partial charge in [0.25, 0.3) is 0 Å². The second-order valence-electron chi connectivity index (χ2n) is 4.94. The van der Waals surface area contributed by atoms with E-state index in [0.717, 1.165) is 19.8 Å². The van der Waals surface area contributed by atoms with Crippen molar-refractivity contribution in [1.82, 2.24) is 5.32 Å². The van der Waals surface area contributed by atoms with E-state index in [1.54, 1.807) is 0 Å². The quantitative estimate of drug-likeness (QED) is 0.844. The zero-order valence-corrected chi connectivity index (χ0v) is 10.7. The summed E-state index contributed by atoms with van der Waals surface area (Å²) in [5.74, 6) is 0.642. The molecule has 94 valence electrons. The summed E-state index contributed by atoms with van der Waals surface area (Å²) in [6.07, 6.45) is 3.54. The molecule has 1 atom stereocenters. The van der Waals surface area contributed by atoms with Crippen LogP contribution in [0, 0.1) is 0 Å². The monoisotopic (exact) mass is 233 g/mol. The average Bonchev–Trinajstić information content (AvgIpc) is 2.41.